The SMILES string of the molecule is CC/C=C/C=C/C=C/C=C/C=C/CCCC(=O)OCC(CO)OC(=O)CCCCCCCCC/C=C/C/C=C/CCCCC. The van der Waals surface area contributed by atoms with Crippen LogP contribution in [0.3, 0.4) is 0 Å². The van der Waals surface area contributed by atoms with Crippen molar-refractivity contribution in [1.82, 2.24) is 0 Å². The second kappa shape index (κ2) is 34.6. The maximum atomic E-state index is 12.1. The molecule has 0 saturated heterocycles. The summed E-state index contributed by atoms with van der Waals surface area (Å²) < 4.78 is 10.5. The molecule has 0 fully saturated rings. The van der Waals surface area contributed by atoms with E-state index in [2.05, 4.69) is 44.2 Å². The summed E-state index contributed by atoms with van der Waals surface area (Å²) in [7, 11) is 0. The summed E-state index contributed by atoms with van der Waals surface area (Å²) in [5.41, 5.74) is 0. The first-order chi connectivity index (χ1) is 21.6. The molecule has 0 aromatic rings. The van der Waals surface area contributed by atoms with Crippen molar-refractivity contribution >= 4 is 11.9 Å². The first kappa shape index (κ1) is 41.1. The highest BCUT2D eigenvalue weighted by Crippen LogP contribution is 2.11. The van der Waals surface area contributed by atoms with Crippen molar-refractivity contribution in [3.8, 4) is 0 Å². The van der Waals surface area contributed by atoms with Crippen LogP contribution in [0.2, 0.25) is 0 Å². The summed E-state index contributed by atoms with van der Waals surface area (Å²) in [5.74, 6) is -0.697. The Bertz CT molecular complexity index is 875. The summed E-state index contributed by atoms with van der Waals surface area (Å²) in [6, 6.07) is 0. The number of carbonyl (C=O) groups is 2. The van der Waals surface area contributed by atoms with Crippen molar-refractivity contribution in [1.29, 1.82) is 0 Å². The molecule has 248 valence electrons. The third-order valence-electron chi connectivity index (χ3n) is 6.80. The zero-order chi connectivity index (χ0) is 32.2. The number of hydrogen-bond donors (Lipinski definition) is 1. The summed E-state index contributed by atoms with van der Waals surface area (Å²) in [5, 5.41) is 9.50. The number of esters is 2. The van der Waals surface area contributed by atoms with Crippen molar-refractivity contribution in [3.05, 3.63) is 85.1 Å². The number of ether oxygens (including phenoxy) is 2. The normalized spacial score (nSPS) is 13.2. The van der Waals surface area contributed by atoms with E-state index in [0.717, 1.165) is 44.9 Å². The Hall–Kier alpha value is -2.92. The van der Waals surface area contributed by atoms with Crippen LogP contribution in [0, 0.1) is 0 Å². The third-order valence-corrected chi connectivity index (χ3v) is 6.80. The molecule has 0 aromatic carbocycles. The van der Waals surface area contributed by atoms with Crippen LogP contribution in [0.15, 0.2) is 85.1 Å². The molecule has 1 N–H and O–H groups in total. The van der Waals surface area contributed by atoms with E-state index in [1.54, 1.807) is 0 Å². The molecule has 0 aliphatic heterocycles. The maximum absolute atomic E-state index is 12.1. The van der Waals surface area contributed by atoms with Crippen molar-refractivity contribution in [2.45, 2.75) is 136 Å². The fourth-order valence-electron chi connectivity index (χ4n) is 4.20. The lowest BCUT2D eigenvalue weighted by atomic mass is 10.1. The molecule has 0 bridgehead atoms. The molecule has 5 heteroatoms. The van der Waals surface area contributed by atoms with E-state index < -0.39 is 6.10 Å². The molecule has 0 radical (unpaired) electrons. The number of aliphatic hydroxyl groups is 1. The maximum Gasteiger partial charge on any atom is 0.306 e. The molecule has 1 unspecified atom stereocenters. The zero-order valence-electron chi connectivity index (χ0n) is 27.9. The summed E-state index contributed by atoms with van der Waals surface area (Å²) in [6.45, 7) is 3.87. The van der Waals surface area contributed by atoms with E-state index in [1.165, 1.54) is 51.4 Å². The van der Waals surface area contributed by atoms with E-state index >= 15 is 0 Å². The van der Waals surface area contributed by atoms with E-state index in [1.807, 2.05) is 54.7 Å². The minimum absolute atomic E-state index is 0.112. The van der Waals surface area contributed by atoms with Gasteiger partial charge in [-0.15, -0.1) is 0 Å². The van der Waals surface area contributed by atoms with Gasteiger partial charge in [0.25, 0.3) is 0 Å². The average molecular weight is 611 g/mol. The number of rotatable bonds is 29. The number of carbonyl (C=O) groups excluding carboxylic acids is 2. The van der Waals surface area contributed by atoms with Crippen molar-refractivity contribution in [2.24, 2.45) is 0 Å². The predicted molar refractivity (Wildman–Crippen MR) is 186 cm³/mol. The second-order valence-corrected chi connectivity index (χ2v) is 11.0. The molecule has 0 aromatic heterocycles. The van der Waals surface area contributed by atoms with Gasteiger partial charge in [-0.25, -0.2) is 0 Å². The van der Waals surface area contributed by atoms with Crippen LogP contribution in [-0.4, -0.2) is 36.4 Å². The third kappa shape index (κ3) is 32.0. The van der Waals surface area contributed by atoms with Crippen LogP contribution in [0.1, 0.15) is 129 Å². The molecular weight excluding hydrogens is 548 g/mol. The zero-order valence-corrected chi connectivity index (χ0v) is 27.9. The predicted octanol–water partition coefficient (Wildman–Crippen LogP) is 10.4. The minimum atomic E-state index is -0.807. The van der Waals surface area contributed by atoms with Crippen LogP contribution in [0.4, 0.5) is 0 Å². The highest BCUT2D eigenvalue weighted by atomic mass is 16.6. The van der Waals surface area contributed by atoms with Gasteiger partial charge in [0.1, 0.15) is 6.61 Å². The van der Waals surface area contributed by atoms with Gasteiger partial charge in [0.15, 0.2) is 6.10 Å². The second-order valence-electron chi connectivity index (χ2n) is 11.0. The van der Waals surface area contributed by atoms with E-state index in [4.69, 9.17) is 9.47 Å². The Kier molecular flexibility index (Phi) is 32.3. The molecule has 0 saturated carbocycles. The highest BCUT2D eigenvalue weighted by molar-refractivity contribution is 5.70. The largest absolute Gasteiger partial charge is 0.462 e. The Morgan fingerprint density at radius 1 is 0.568 bits per heavy atom. The number of aliphatic hydroxyl groups excluding tert-OH is 1. The molecule has 0 spiro atoms. The molecule has 0 rings (SSSR count). The van der Waals surface area contributed by atoms with E-state index in [0.29, 0.717) is 12.8 Å². The van der Waals surface area contributed by atoms with Gasteiger partial charge in [0, 0.05) is 12.8 Å². The van der Waals surface area contributed by atoms with Gasteiger partial charge in [0.2, 0.25) is 0 Å². The Morgan fingerprint density at radius 3 is 1.70 bits per heavy atom. The first-order valence-electron chi connectivity index (χ1n) is 17.2. The number of unbranched alkanes of at least 4 members (excludes halogenated alkanes) is 11. The van der Waals surface area contributed by atoms with Crippen LogP contribution >= 0.6 is 0 Å². The highest BCUT2D eigenvalue weighted by Gasteiger charge is 2.15. The summed E-state index contributed by atoms with van der Waals surface area (Å²) in [4.78, 5) is 24.1. The van der Waals surface area contributed by atoms with E-state index in [9.17, 15) is 14.7 Å². The van der Waals surface area contributed by atoms with Crippen molar-refractivity contribution in [2.75, 3.05) is 13.2 Å². The summed E-state index contributed by atoms with van der Waals surface area (Å²) >= 11 is 0. The quantitative estimate of drug-likeness (QED) is 0.0395. The topological polar surface area (TPSA) is 72.8 Å². The van der Waals surface area contributed by atoms with Gasteiger partial charge in [-0.05, 0) is 57.8 Å². The van der Waals surface area contributed by atoms with Gasteiger partial charge >= 0.3 is 11.9 Å². The molecule has 0 aliphatic rings. The molecule has 0 heterocycles. The molecule has 5 nitrogen and oxygen atoms in total. The van der Waals surface area contributed by atoms with Crippen LogP contribution in [0.25, 0.3) is 0 Å². The fourth-order valence-corrected chi connectivity index (χ4v) is 4.20. The van der Waals surface area contributed by atoms with Gasteiger partial charge in [-0.3, -0.25) is 9.59 Å². The van der Waals surface area contributed by atoms with Gasteiger partial charge in [-0.1, -0.05) is 144 Å². The fraction of sp³-hybridized carbons (Fsp3) is 0.590. The lowest BCUT2D eigenvalue weighted by molar-refractivity contribution is -0.161. The van der Waals surface area contributed by atoms with Gasteiger partial charge in [-0.2, -0.15) is 0 Å². The Balaban J connectivity index is 3.73. The van der Waals surface area contributed by atoms with Gasteiger partial charge < -0.3 is 14.6 Å². The number of allylic oxidation sites excluding steroid dienone is 14. The standard InChI is InChI=1S/C39H62O5/c1-3-5-7-9-11-13-15-17-18-19-20-22-24-26-28-30-32-34-39(42)44-37(35-40)36-43-38(41)33-31-29-27-25-23-21-16-14-12-10-8-6-4-2/h6,8,10-14,16-18,21,23,25,27,37,40H,3-5,7,9,15,19-20,22,24,26,28-36H2,1-2H3/b8-6+,12-10+,13-11+,16-14+,18-17+,23-21+,27-25+. The average Bonchev–Trinajstić information content (AvgIpc) is 3.02. The Labute approximate surface area is 269 Å². The van der Waals surface area contributed by atoms with Crippen LogP contribution in [0.5, 0.6) is 0 Å². The lowest BCUT2D eigenvalue weighted by Crippen LogP contribution is -2.28. The van der Waals surface area contributed by atoms with Gasteiger partial charge in [0.05, 0.1) is 6.61 Å². The molecule has 1 atom stereocenters. The Morgan fingerprint density at radius 2 is 1.09 bits per heavy atom. The van der Waals surface area contributed by atoms with Crippen molar-refractivity contribution in [3.63, 3.8) is 0 Å². The summed E-state index contributed by atoms with van der Waals surface area (Å²) in [6.07, 6.45) is 46.4. The molecule has 0 amide bonds. The first-order valence-corrected chi connectivity index (χ1v) is 17.2. The van der Waals surface area contributed by atoms with Crippen molar-refractivity contribution < 1.29 is 24.2 Å². The molecular formula is C39H62O5. The minimum Gasteiger partial charge on any atom is -0.462 e. The monoisotopic (exact) mass is 610 g/mol. The van der Waals surface area contributed by atoms with E-state index in [-0.39, 0.29) is 31.6 Å². The smallest absolute Gasteiger partial charge is 0.306 e. The molecule has 0 aliphatic carbocycles. The number of hydrogen-bond acceptors (Lipinski definition) is 5. The lowest BCUT2D eigenvalue weighted by Gasteiger charge is -2.15. The van der Waals surface area contributed by atoms with Crippen LogP contribution in [-0.2, 0) is 19.1 Å². The molecule has 44 heavy (non-hydrogen) atoms. The van der Waals surface area contributed by atoms with Crippen LogP contribution < -0.4 is 0 Å².